The average Bonchev–Trinajstić information content (AvgIpc) is 2.41. The zero-order chi connectivity index (χ0) is 13.1. The predicted octanol–water partition coefficient (Wildman–Crippen LogP) is 3.27. The summed E-state index contributed by atoms with van der Waals surface area (Å²) in [5, 5.41) is 3.66. The molecule has 1 aliphatic heterocycles. The van der Waals surface area contributed by atoms with Crippen molar-refractivity contribution >= 4 is 5.69 Å². The van der Waals surface area contributed by atoms with Gasteiger partial charge in [0, 0.05) is 30.9 Å². The van der Waals surface area contributed by atoms with E-state index in [4.69, 9.17) is 0 Å². The molecule has 1 aromatic rings. The molecule has 1 N–H and O–H groups in total. The fourth-order valence-corrected chi connectivity index (χ4v) is 2.84. The van der Waals surface area contributed by atoms with E-state index < -0.39 is 0 Å². The zero-order valence-electron chi connectivity index (χ0n) is 12.2. The lowest BCUT2D eigenvalue weighted by Gasteiger charge is -2.42. The molecule has 2 rings (SSSR count). The average molecular weight is 246 g/mol. The van der Waals surface area contributed by atoms with Crippen molar-refractivity contribution in [2.75, 3.05) is 18.0 Å². The molecule has 0 radical (unpaired) electrons. The van der Waals surface area contributed by atoms with E-state index in [1.807, 2.05) is 0 Å². The van der Waals surface area contributed by atoms with Gasteiger partial charge in [0.25, 0.3) is 0 Å². The Bertz CT molecular complexity index is 400. The van der Waals surface area contributed by atoms with Gasteiger partial charge in [0.1, 0.15) is 0 Å². The standard InChI is InChI=1S/C16H26N2/c1-5-14-11-18(15(6-2)10-17-14)16-9-7-8-12(3)13(16)4/h7-9,14-15,17H,5-6,10-11H2,1-4H3. The highest BCUT2D eigenvalue weighted by Gasteiger charge is 2.26. The number of hydrogen-bond donors (Lipinski definition) is 1. The van der Waals surface area contributed by atoms with E-state index in [1.165, 1.54) is 29.7 Å². The molecule has 1 aromatic carbocycles. The topological polar surface area (TPSA) is 15.3 Å². The van der Waals surface area contributed by atoms with Gasteiger partial charge in [0.15, 0.2) is 0 Å². The van der Waals surface area contributed by atoms with Crippen molar-refractivity contribution in [2.45, 2.75) is 52.6 Å². The molecule has 1 heterocycles. The Balaban J connectivity index is 2.29. The summed E-state index contributed by atoms with van der Waals surface area (Å²) < 4.78 is 0. The minimum Gasteiger partial charge on any atom is -0.365 e. The van der Waals surface area contributed by atoms with Gasteiger partial charge in [-0.2, -0.15) is 0 Å². The van der Waals surface area contributed by atoms with Gasteiger partial charge < -0.3 is 10.2 Å². The number of piperazine rings is 1. The molecule has 2 nitrogen and oxygen atoms in total. The third kappa shape index (κ3) is 2.54. The van der Waals surface area contributed by atoms with Crippen LogP contribution in [0.5, 0.6) is 0 Å². The number of aryl methyl sites for hydroxylation is 1. The third-order valence-electron chi connectivity index (χ3n) is 4.35. The first kappa shape index (κ1) is 13.4. The van der Waals surface area contributed by atoms with Gasteiger partial charge in [-0.25, -0.2) is 0 Å². The molecule has 0 saturated carbocycles. The summed E-state index contributed by atoms with van der Waals surface area (Å²) in [4.78, 5) is 2.62. The van der Waals surface area contributed by atoms with Crippen LogP contribution in [0.3, 0.4) is 0 Å². The minimum absolute atomic E-state index is 0.632. The Labute approximate surface area is 111 Å². The van der Waals surface area contributed by atoms with Crippen molar-refractivity contribution in [3.05, 3.63) is 29.3 Å². The van der Waals surface area contributed by atoms with Crippen LogP contribution in [0.1, 0.15) is 37.8 Å². The second kappa shape index (κ2) is 5.75. The lowest BCUT2D eigenvalue weighted by atomic mass is 10.0. The highest BCUT2D eigenvalue weighted by Crippen LogP contribution is 2.27. The van der Waals surface area contributed by atoms with Crippen LogP contribution in [-0.4, -0.2) is 25.2 Å². The molecule has 0 aromatic heterocycles. The van der Waals surface area contributed by atoms with Gasteiger partial charge in [-0.15, -0.1) is 0 Å². The van der Waals surface area contributed by atoms with E-state index in [0.717, 1.165) is 13.1 Å². The van der Waals surface area contributed by atoms with E-state index >= 15 is 0 Å². The SMILES string of the molecule is CCC1CN(c2cccc(C)c2C)C(CC)CN1. The molecule has 1 fully saturated rings. The molecule has 0 amide bonds. The van der Waals surface area contributed by atoms with Crippen LogP contribution < -0.4 is 10.2 Å². The molecular formula is C16H26N2. The van der Waals surface area contributed by atoms with Crippen LogP contribution in [0.2, 0.25) is 0 Å². The fraction of sp³-hybridized carbons (Fsp3) is 0.625. The molecule has 0 bridgehead atoms. The summed E-state index contributed by atoms with van der Waals surface area (Å²) in [6.45, 7) is 11.3. The maximum atomic E-state index is 3.66. The van der Waals surface area contributed by atoms with Gasteiger partial charge in [-0.05, 0) is 43.9 Å². The number of hydrogen-bond acceptors (Lipinski definition) is 2. The number of rotatable bonds is 3. The van der Waals surface area contributed by atoms with E-state index in [0.29, 0.717) is 12.1 Å². The van der Waals surface area contributed by atoms with Crippen LogP contribution in [0, 0.1) is 13.8 Å². The van der Waals surface area contributed by atoms with Crippen molar-refractivity contribution < 1.29 is 0 Å². The second-order valence-electron chi connectivity index (χ2n) is 5.45. The Morgan fingerprint density at radius 1 is 1.22 bits per heavy atom. The molecule has 1 aliphatic rings. The summed E-state index contributed by atoms with van der Waals surface area (Å²) in [7, 11) is 0. The molecule has 0 spiro atoms. The van der Waals surface area contributed by atoms with E-state index in [9.17, 15) is 0 Å². The van der Waals surface area contributed by atoms with Crippen molar-refractivity contribution in [3.63, 3.8) is 0 Å². The van der Waals surface area contributed by atoms with Crippen LogP contribution in [0.15, 0.2) is 18.2 Å². The maximum absolute atomic E-state index is 3.66. The quantitative estimate of drug-likeness (QED) is 0.880. The first-order valence-electron chi connectivity index (χ1n) is 7.23. The van der Waals surface area contributed by atoms with Crippen molar-refractivity contribution in [3.8, 4) is 0 Å². The molecule has 18 heavy (non-hydrogen) atoms. The molecule has 2 unspecified atom stereocenters. The molecule has 1 saturated heterocycles. The lowest BCUT2D eigenvalue weighted by Crippen LogP contribution is -2.56. The Hall–Kier alpha value is -1.02. The molecular weight excluding hydrogens is 220 g/mol. The summed E-state index contributed by atoms with van der Waals surface area (Å²) >= 11 is 0. The first-order chi connectivity index (χ1) is 8.67. The van der Waals surface area contributed by atoms with E-state index in [2.05, 4.69) is 56.1 Å². The lowest BCUT2D eigenvalue weighted by molar-refractivity contribution is 0.378. The fourth-order valence-electron chi connectivity index (χ4n) is 2.84. The highest BCUT2D eigenvalue weighted by atomic mass is 15.2. The van der Waals surface area contributed by atoms with Gasteiger partial charge in [-0.1, -0.05) is 26.0 Å². The number of benzene rings is 1. The predicted molar refractivity (Wildman–Crippen MR) is 79.4 cm³/mol. The largest absolute Gasteiger partial charge is 0.365 e. The van der Waals surface area contributed by atoms with E-state index in [-0.39, 0.29) is 0 Å². The Morgan fingerprint density at radius 3 is 2.67 bits per heavy atom. The summed E-state index contributed by atoms with van der Waals surface area (Å²) in [6, 6.07) is 7.94. The Kier molecular flexibility index (Phi) is 4.28. The van der Waals surface area contributed by atoms with Gasteiger partial charge >= 0.3 is 0 Å². The molecule has 0 aliphatic carbocycles. The van der Waals surface area contributed by atoms with Gasteiger partial charge in [0.05, 0.1) is 0 Å². The number of anilines is 1. The van der Waals surface area contributed by atoms with E-state index in [1.54, 1.807) is 0 Å². The summed E-state index contributed by atoms with van der Waals surface area (Å²) in [5.41, 5.74) is 4.27. The van der Waals surface area contributed by atoms with Crippen molar-refractivity contribution in [1.82, 2.24) is 5.32 Å². The summed E-state index contributed by atoms with van der Waals surface area (Å²) in [5.74, 6) is 0. The monoisotopic (exact) mass is 246 g/mol. The van der Waals surface area contributed by atoms with Crippen molar-refractivity contribution in [2.24, 2.45) is 0 Å². The van der Waals surface area contributed by atoms with Gasteiger partial charge in [0.2, 0.25) is 0 Å². The highest BCUT2D eigenvalue weighted by molar-refractivity contribution is 5.57. The van der Waals surface area contributed by atoms with Crippen LogP contribution in [0.25, 0.3) is 0 Å². The maximum Gasteiger partial charge on any atom is 0.0412 e. The third-order valence-corrected chi connectivity index (χ3v) is 4.35. The molecule has 100 valence electrons. The first-order valence-corrected chi connectivity index (χ1v) is 7.23. The molecule has 2 heteroatoms. The number of nitrogens with one attached hydrogen (secondary N) is 1. The zero-order valence-corrected chi connectivity index (χ0v) is 12.2. The second-order valence-corrected chi connectivity index (χ2v) is 5.45. The van der Waals surface area contributed by atoms with Crippen molar-refractivity contribution in [1.29, 1.82) is 0 Å². The minimum atomic E-state index is 0.632. The van der Waals surface area contributed by atoms with Crippen LogP contribution in [0.4, 0.5) is 5.69 Å². The van der Waals surface area contributed by atoms with Crippen LogP contribution in [-0.2, 0) is 0 Å². The number of nitrogens with zero attached hydrogens (tertiary/aromatic N) is 1. The Morgan fingerprint density at radius 2 is 2.00 bits per heavy atom. The summed E-state index contributed by atoms with van der Waals surface area (Å²) in [6.07, 6.45) is 2.41. The van der Waals surface area contributed by atoms with Crippen LogP contribution >= 0.6 is 0 Å². The normalized spacial score (nSPS) is 24.3. The molecule has 2 atom stereocenters. The smallest absolute Gasteiger partial charge is 0.0412 e. The van der Waals surface area contributed by atoms with Gasteiger partial charge in [-0.3, -0.25) is 0 Å².